The zero-order chi connectivity index (χ0) is 20.3. The first-order valence-corrected chi connectivity index (χ1v) is 9.67. The third-order valence-corrected chi connectivity index (χ3v) is 5.10. The Balaban J connectivity index is 1.86. The maximum atomic E-state index is 13.1. The molecule has 2 aromatic rings. The van der Waals surface area contributed by atoms with Crippen LogP contribution in [0.4, 0.5) is 5.69 Å². The van der Waals surface area contributed by atoms with Crippen LogP contribution < -0.4 is 20.7 Å². The van der Waals surface area contributed by atoms with Crippen molar-refractivity contribution in [1.29, 1.82) is 0 Å². The van der Waals surface area contributed by atoms with Crippen LogP contribution in [0.25, 0.3) is 0 Å². The molecule has 28 heavy (non-hydrogen) atoms. The fourth-order valence-electron chi connectivity index (χ4n) is 3.25. The third-order valence-electron chi connectivity index (χ3n) is 4.88. The smallest absolute Gasteiger partial charge is 0.235 e. The summed E-state index contributed by atoms with van der Waals surface area (Å²) in [7, 11) is 0. The van der Waals surface area contributed by atoms with Gasteiger partial charge in [0.05, 0.1) is 12.6 Å². The van der Waals surface area contributed by atoms with E-state index in [1.807, 2.05) is 63.2 Å². The molecule has 2 aromatic carbocycles. The van der Waals surface area contributed by atoms with Gasteiger partial charge in [-0.3, -0.25) is 4.79 Å². The first-order chi connectivity index (χ1) is 13.4. The molecule has 1 amide bonds. The number of nitrogens with one attached hydrogen (secondary N) is 3. The van der Waals surface area contributed by atoms with Gasteiger partial charge in [0.25, 0.3) is 0 Å². The van der Waals surface area contributed by atoms with Gasteiger partial charge in [0.2, 0.25) is 5.91 Å². The van der Waals surface area contributed by atoms with Crippen LogP contribution in [0, 0.1) is 19.8 Å². The Hall–Kier alpha value is -2.86. The van der Waals surface area contributed by atoms with Gasteiger partial charge in [-0.05, 0) is 73.9 Å². The Labute approximate surface area is 171 Å². The summed E-state index contributed by atoms with van der Waals surface area (Å²) in [5.74, 6) is 0.124. The molecule has 2 atom stereocenters. The molecular weight excluding hydrogens is 370 g/mol. The number of carbonyl (C=O) groups excluding carboxylic acids is 1. The number of ether oxygens (including phenoxy) is 1. The lowest BCUT2D eigenvalue weighted by Crippen LogP contribution is -2.51. The summed E-state index contributed by atoms with van der Waals surface area (Å²) in [6.07, 6.45) is 0. The number of rotatable bonds is 5. The van der Waals surface area contributed by atoms with Gasteiger partial charge in [-0.25, -0.2) is 0 Å². The summed E-state index contributed by atoms with van der Waals surface area (Å²) in [5.41, 5.74) is 4.58. The van der Waals surface area contributed by atoms with E-state index in [0.29, 0.717) is 17.4 Å². The minimum Gasteiger partial charge on any atom is -0.494 e. The Morgan fingerprint density at radius 1 is 1.18 bits per heavy atom. The topological polar surface area (TPSA) is 62.4 Å². The van der Waals surface area contributed by atoms with E-state index < -0.39 is 5.92 Å². The molecule has 0 aliphatic carbocycles. The average molecular weight is 396 g/mol. The van der Waals surface area contributed by atoms with Crippen molar-refractivity contribution in [1.82, 2.24) is 10.6 Å². The number of hydrogen-bond donors (Lipinski definition) is 3. The highest BCUT2D eigenvalue weighted by Gasteiger charge is 2.36. The second-order valence-electron chi connectivity index (χ2n) is 6.87. The number of aryl methyl sites for hydroxylation is 2. The van der Waals surface area contributed by atoms with Gasteiger partial charge in [0.15, 0.2) is 5.11 Å². The van der Waals surface area contributed by atoms with E-state index in [1.165, 1.54) is 5.56 Å². The number of amides is 1. The van der Waals surface area contributed by atoms with Crippen LogP contribution >= 0.6 is 12.2 Å². The van der Waals surface area contributed by atoms with Crippen LogP contribution in [-0.4, -0.2) is 17.6 Å². The van der Waals surface area contributed by atoms with Gasteiger partial charge < -0.3 is 20.7 Å². The quantitative estimate of drug-likeness (QED) is 0.668. The van der Waals surface area contributed by atoms with Gasteiger partial charge >= 0.3 is 0 Å². The molecule has 1 heterocycles. The highest BCUT2D eigenvalue weighted by Crippen LogP contribution is 2.31. The van der Waals surface area contributed by atoms with E-state index in [1.54, 1.807) is 0 Å². The van der Waals surface area contributed by atoms with Crippen LogP contribution in [0.3, 0.4) is 0 Å². The lowest BCUT2D eigenvalue weighted by atomic mass is 9.88. The van der Waals surface area contributed by atoms with E-state index >= 15 is 0 Å². The number of hydrogen-bond acceptors (Lipinski definition) is 3. The molecule has 1 aliphatic rings. The van der Waals surface area contributed by atoms with Crippen molar-refractivity contribution in [3.63, 3.8) is 0 Å². The molecule has 5 nitrogen and oxygen atoms in total. The molecule has 6 heteroatoms. The largest absolute Gasteiger partial charge is 0.494 e. The van der Waals surface area contributed by atoms with Crippen molar-refractivity contribution in [2.45, 2.75) is 26.8 Å². The first kappa shape index (κ1) is 19.9. The lowest BCUT2D eigenvalue weighted by Gasteiger charge is -2.35. The maximum absolute atomic E-state index is 13.1. The molecule has 0 unspecified atom stereocenters. The summed E-state index contributed by atoms with van der Waals surface area (Å²) in [5, 5.41) is 9.66. The second kappa shape index (κ2) is 8.44. The molecule has 0 spiro atoms. The predicted octanol–water partition coefficient (Wildman–Crippen LogP) is 3.99. The summed E-state index contributed by atoms with van der Waals surface area (Å²) in [6, 6.07) is 13.2. The minimum atomic E-state index is -0.522. The summed E-state index contributed by atoms with van der Waals surface area (Å²) in [4.78, 5) is 13.1. The van der Waals surface area contributed by atoms with Crippen LogP contribution in [0.2, 0.25) is 0 Å². The zero-order valence-electron chi connectivity index (χ0n) is 16.3. The normalized spacial score (nSPS) is 18.8. The number of anilines is 1. The van der Waals surface area contributed by atoms with Crippen LogP contribution in [-0.2, 0) is 4.79 Å². The maximum Gasteiger partial charge on any atom is 0.235 e. The molecule has 3 N–H and O–H groups in total. The molecule has 0 saturated carbocycles. The molecular formula is C22H25N3O2S. The monoisotopic (exact) mass is 395 g/mol. The summed E-state index contributed by atoms with van der Waals surface area (Å²) in [6.45, 7) is 10.7. The van der Waals surface area contributed by atoms with Gasteiger partial charge in [-0.2, -0.15) is 0 Å². The Bertz CT molecular complexity index is 908. The Morgan fingerprint density at radius 3 is 2.54 bits per heavy atom. The van der Waals surface area contributed by atoms with E-state index in [0.717, 1.165) is 22.6 Å². The highest BCUT2D eigenvalue weighted by molar-refractivity contribution is 7.80. The highest BCUT2D eigenvalue weighted by atomic mass is 32.1. The van der Waals surface area contributed by atoms with E-state index in [9.17, 15) is 4.79 Å². The molecule has 0 radical (unpaired) electrons. The van der Waals surface area contributed by atoms with E-state index in [-0.39, 0.29) is 11.9 Å². The van der Waals surface area contributed by atoms with Crippen molar-refractivity contribution in [2.75, 3.05) is 11.9 Å². The van der Waals surface area contributed by atoms with Gasteiger partial charge in [0, 0.05) is 11.4 Å². The molecule has 0 aromatic heterocycles. The van der Waals surface area contributed by atoms with Crippen molar-refractivity contribution in [2.24, 2.45) is 5.92 Å². The molecule has 0 bridgehead atoms. The van der Waals surface area contributed by atoms with Crippen LogP contribution in [0.1, 0.15) is 29.7 Å². The van der Waals surface area contributed by atoms with Crippen LogP contribution in [0.15, 0.2) is 54.7 Å². The molecule has 3 rings (SSSR count). The molecule has 1 aliphatic heterocycles. The Kier molecular flexibility index (Phi) is 5.99. The van der Waals surface area contributed by atoms with E-state index in [4.69, 9.17) is 17.0 Å². The summed E-state index contributed by atoms with van der Waals surface area (Å²) < 4.78 is 5.51. The summed E-state index contributed by atoms with van der Waals surface area (Å²) >= 11 is 5.29. The molecule has 1 saturated heterocycles. The average Bonchev–Trinajstić information content (AvgIpc) is 2.65. The fraction of sp³-hybridized carbons (Fsp3) is 0.273. The lowest BCUT2D eigenvalue weighted by molar-refractivity contribution is -0.119. The predicted molar refractivity (Wildman–Crippen MR) is 116 cm³/mol. The standard InChI is InChI=1S/C22H25N3O2S/c1-5-27-18-10-7-16(8-11-18)20-19(15(4)23-22(28)25-20)21(26)24-17-9-6-13(2)14(3)12-17/h6-12,19-20H,4-5H2,1-3H3,(H,24,26)(H2,23,25,28)/t19-,20+/m0/s1. The zero-order valence-corrected chi connectivity index (χ0v) is 17.2. The van der Waals surface area contributed by atoms with E-state index in [2.05, 4.69) is 22.5 Å². The Morgan fingerprint density at radius 2 is 1.89 bits per heavy atom. The van der Waals surface area contributed by atoms with Crippen molar-refractivity contribution in [3.8, 4) is 5.75 Å². The number of benzene rings is 2. The van der Waals surface area contributed by atoms with Gasteiger partial charge in [-0.1, -0.05) is 24.8 Å². The second-order valence-corrected chi connectivity index (χ2v) is 7.28. The van der Waals surface area contributed by atoms with Gasteiger partial charge in [0.1, 0.15) is 11.7 Å². The van der Waals surface area contributed by atoms with Crippen LogP contribution in [0.5, 0.6) is 5.75 Å². The SMILES string of the molecule is C=C1NC(=S)N[C@H](c2ccc(OCC)cc2)[C@H]1C(=O)Nc1ccc(C)c(C)c1. The minimum absolute atomic E-state index is 0.144. The van der Waals surface area contributed by atoms with Crippen molar-refractivity contribution < 1.29 is 9.53 Å². The van der Waals surface area contributed by atoms with Gasteiger partial charge in [-0.15, -0.1) is 0 Å². The third kappa shape index (κ3) is 4.34. The number of thiocarbonyl (C=S) groups is 1. The first-order valence-electron chi connectivity index (χ1n) is 9.26. The van der Waals surface area contributed by atoms with Crippen molar-refractivity contribution >= 4 is 28.9 Å². The number of carbonyl (C=O) groups is 1. The fourth-order valence-corrected chi connectivity index (χ4v) is 3.51. The molecule has 1 fully saturated rings. The molecule has 146 valence electrons. The van der Waals surface area contributed by atoms with Crippen molar-refractivity contribution in [3.05, 3.63) is 71.4 Å².